The second kappa shape index (κ2) is 31.4. The number of aliphatic hydroxyl groups excluding tert-OH is 7. The van der Waals surface area contributed by atoms with Gasteiger partial charge in [-0.1, -0.05) is 101 Å². The maximum absolute atomic E-state index is 13.0. The van der Waals surface area contributed by atoms with Crippen molar-refractivity contribution in [3.63, 3.8) is 0 Å². The van der Waals surface area contributed by atoms with Gasteiger partial charge in [0, 0.05) is 0 Å². The smallest absolute Gasteiger partial charge is 0.249 e. The van der Waals surface area contributed by atoms with E-state index in [1.807, 2.05) is 6.08 Å². The topological polar surface area (TPSA) is 189 Å². The number of carbonyl (C=O) groups excluding carboxylic acids is 1. The average molecular weight is 740 g/mol. The zero-order chi connectivity index (χ0) is 38.4. The first-order valence-corrected chi connectivity index (χ1v) is 20.0. The van der Waals surface area contributed by atoms with Gasteiger partial charge in [-0.15, -0.1) is 0 Å². The molecule has 0 spiro atoms. The molecule has 9 unspecified atom stereocenters. The van der Waals surface area contributed by atoms with Crippen molar-refractivity contribution in [3.8, 4) is 0 Å². The van der Waals surface area contributed by atoms with Crippen molar-refractivity contribution in [2.24, 2.45) is 0 Å². The van der Waals surface area contributed by atoms with E-state index in [1.54, 1.807) is 0 Å². The maximum atomic E-state index is 13.0. The summed E-state index contributed by atoms with van der Waals surface area (Å²) >= 11 is 0. The van der Waals surface area contributed by atoms with Crippen LogP contribution in [-0.4, -0.2) is 110 Å². The molecular formula is C41H73NO10. The lowest BCUT2D eigenvalue weighted by atomic mass is 9.98. The Hall–Kier alpha value is -1.93. The van der Waals surface area contributed by atoms with Crippen LogP contribution in [0.5, 0.6) is 0 Å². The highest BCUT2D eigenvalue weighted by atomic mass is 16.7. The van der Waals surface area contributed by atoms with Gasteiger partial charge in [0.25, 0.3) is 0 Å². The quantitative estimate of drug-likeness (QED) is 0.0353. The monoisotopic (exact) mass is 740 g/mol. The molecule has 1 fully saturated rings. The fraction of sp³-hybridized carbons (Fsp3) is 0.780. The van der Waals surface area contributed by atoms with Crippen LogP contribution < -0.4 is 5.32 Å². The third-order valence-electron chi connectivity index (χ3n) is 9.29. The van der Waals surface area contributed by atoms with E-state index in [0.717, 1.165) is 64.2 Å². The Morgan fingerprint density at radius 1 is 0.654 bits per heavy atom. The molecule has 11 heteroatoms. The molecule has 0 bridgehead atoms. The molecule has 0 radical (unpaired) electrons. The molecule has 0 saturated carbocycles. The van der Waals surface area contributed by atoms with E-state index in [1.165, 1.54) is 25.7 Å². The number of hydrogen-bond acceptors (Lipinski definition) is 10. The largest absolute Gasteiger partial charge is 0.394 e. The van der Waals surface area contributed by atoms with Crippen molar-refractivity contribution in [2.75, 3.05) is 13.2 Å². The summed E-state index contributed by atoms with van der Waals surface area (Å²) < 4.78 is 11.0. The molecule has 1 rings (SSSR count). The average Bonchev–Trinajstić information content (AvgIpc) is 3.14. The van der Waals surface area contributed by atoms with Crippen molar-refractivity contribution >= 4 is 5.91 Å². The summed E-state index contributed by atoms with van der Waals surface area (Å²) in [4.78, 5) is 13.0. The zero-order valence-corrected chi connectivity index (χ0v) is 32.0. The van der Waals surface area contributed by atoms with Crippen LogP contribution in [0.4, 0.5) is 0 Å². The van der Waals surface area contributed by atoms with Crippen LogP contribution in [0.15, 0.2) is 48.6 Å². The van der Waals surface area contributed by atoms with Crippen molar-refractivity contribution in [1.82, 2.24) is 5.32 Å². The van der Waals surface area contributed by atoms with Gasteiger partial charge in [-0.3, -0.25) is 4.79 Å². The Morgan fingerprint density at radius 2 is 1.19 bits per heavy atom. The molecule has 1 aliphatic heterocycles. The third kappa shape index (κ3) is 21.7. The first-order chi connectivity index (χ1) is 25.2. The summed E-state index contributed by atoms with van der Waals surface area (Å²) in [6.45, 7) is 3.27. The number of hydrogen-bond donors (Lipinski definition) is 8. The Bertz CT molecular complexity index is 987. The second-order valence-electron chi connectivity index (χ2n) is 14.0. The normalized spacial score (nSPS) is 23.6. The van der Waals surface area contributed by atoms with E-state index >= 15 is 0 Å². The SMILES string of the molecule is CCC/C=C/CC/C=C/CC/C=C/CCCC(O)C(O)C(COC1OC(CO)C(O)C(O)C1O)NC(=O)C(O)CCCCCC/C=C\CCCCC. The Morgan fingerprint density at radius 3 is 1.77 bits per heavy atom. The van der Waals surface area contributed by atoms with Crippen molar-refractivity contribution < 1.29 is 50.0 Å². The Labute approximate surface area is 313 Å². The van der Waals surface area contributed by atoms with Gasteiger partial charge >= 0.3 is 0 Å². The Balaban J connectivity index is 2.61. The van der Waals surface area contributed by atoms with E-state index in [0.29, 0.717) is 19.3 Å². The molecule has 11 nitrogen and oxygen atoms in total. The first-order valence-electron chi connectivity index (χ1n) is 20.0. The van der Waals surface area contributed by atoms with E-state index in [-0.39, 0.29) is 12.8 Å². The van der Waals surface area contributed by atoms with Crippen LogP contribution in [0.2, 0.25) is 0 Å². The fourth-order valence-electron chi connectivity index (χ4n) is 5.88. The van der Waals surface area contributed by atoms with Gasteiger partial charge < -0.3 is 50.5 Å². The molecular weight excluding hydrogens is 666 g/mol. The minimum absolute atomic E-state index is 0.232. The highest BCUT2D eigenvalue weighted by Gasteiger charge is 2.44. The van der Waals surface area contributed by atoms with Crippen LogP contribution in [0.1, 0.15) is 136 Å². The molecule has 1 amide bonds. The maximum Gasteiger partial charge on any atom is 0.249 e. The molecule has 1 saturated heterocycles. The van der Waals surface area contributed by atoms with Crippen LogP contribution in [0.25, 0.3) is 0 Å². The molecule has 8 N–H and O–H groups in total. The number of nitrogens with one attached hydrogen (secondary N) is 1. The van der Waals surface area contributed by atoms with Crippen molar-refractivity contribution in [3.05, 3.63) is 48.6 Å². The van der Waals surface area contributed by atoms with Crippen LogP contribution in [0, 0.1) is 0 Å². The predicted octanol–water partition coefficient (Wildman–Crippen LogP) is 5.05. The fourth-order valence-corrected chi connectivity index (χ4v) is 5.88. The first kappa shape index (κ1) is 48.1. The van der Waals surface area contributed by atoms with Crippen LogP contribution in [-0.2, 0) is 14.3 Å². The molecule has 0 aromatic heterocycles. The zero-order valence-electron chi connectivity index (χ0n) is 32.0. The summed E-state index contributed by atoms with van der Waals surface area (Å²) in [5.74, 6) is -0.728. The molecule has 52 heavy (non-hydrogen) atoms. The molecule has 0 aromatic carbocycles. The predicted molar refractivity (Wildman–Crippen MR) is 205 cm³/mol. The second-order valence-corrected chi connectivity index (χ2v) is 14.0. The summed E-state index contributed by atoms with van der Waals surface area (Å²) in [6.07, 6.45) is 23.2. The van der Waals surface area contributed by atoms with E-state index < -0.39 is 74.2 Å². The number of rotatable bonds is 31. The number of unbranched alkanes of at least 4 members (excludes halogenated alkanes) is 11. The molecule has 9 atom stereocenters. The number of ether oxygens (including phenoxy) is 2. The molecule has 0 aromatic rings. The highest BCUT2D eigenvalue weighted by Crippen LogP contribution is 2.23. The minimum Gasteiger partial charge on any atom is -0.394 e. The van der Waals surface area contributed by atoms with Crippen molar-refractivity contribution in [1.29, 1.82) is 0 Å². The third-order valence-corrected chi connectivity index (χ3v) is 9.29. The van der Waals surface area contributed by atoms with Gasteiger partial charge in [-0.25, -0.2) is 0 Å². The molecule has 1 heterocycles. The summed E-state index contributed by atoms with van der Waals surface area (Å²) in [6, 6.07) is -1.20. The Kier molecular flexibility index (Phi) is 29.1. The van der Waals surface area contributed by atoms with E-state index in [9.17, 15) is 40.5 Å². The van der Waals surface area contributed by atoms with Gasteiger partial charge in [-0.05, 0) is 83.5 Å². The lowest BCUT2D eigenvalue weighted by molar-refractivity contribution is -0.303. The van der Waals surface area contributed by atoms with Gasteiger partial charge in [-0.2, -0.15) is 0 Å². The lowest BCUT2D eigenvalue weighted by Gasteiger charge is -2.40. The molecule has 302 valence electrons. The minimum atomic E-state index is -1.67. The van der Waals surface area contributed by atoms with Gasteiger partial charge in [0.2, 0.25) is 5.91 Å². The van der Waals surface area contributed by atoms with Gasteiger partial charge in [0.15, 0.2) is 6.29 Å². The molecule has 0 aliphatic carbocycles. The van der Waals surface area contributed by atoms with E-state index in [2.05, 4.69) is 61.7 Å². The van der Waals surface area contributed by atoms with Crippen LogP contribution in [0.3, 0.4) is 0 Å². The molecule has 1 aliphatic rings. The standard InChI is InChI=1S/C41H73NO10/c1-3-5-7-9-11-13-15-16-17-19-20-22-24-26-28-33(44)36(46)32(31-51-41-39(49)38(48)37(47)35(30-43)52-41)42-40(50)34(45)29-27-25-23-21-18-14-12-10-8-6-4-2/h7,9,12,14-16,20,22,32-39,41,43-49H,3-6,8,10-11,13,17-19,21,23-31H2,1-2H3,(H,42,50)/b9-7+,14-12-,16-15+,22-20+. The number of carbonyl (C=O) groups is 1. The van der Waals surface area contributed by atoms with Gasteiger partial charge in [0.05, 0.1) is 25.4 Å². The summed E-state index contributed by atoms with van der Waals surface area (Å²) in [5.41, 5.74) is 0. The van der Waals surface area contributed by atoms with Gasteiger partial charge in [0.1, 0.15) is 36.6 Å². The highest BCUT2D eigenvalue weighted by molar-refractivity contribution is 5.80. The van der Waals surface area contributed by atoms with Crippen LogP contribution >= 0.6 is 0 Å². The van der Waals surface area contributed by atoms with Crippen molar-refractivity contribution in [2.45, 2.75) is 191 Å². The summed E-state index contributed by atoms with van der Waals surface area (Å²) in [7, 11) is 0. The van der Waals surface area contributed by atoms with E-state index in [4.69, 9.17) is 9.47 Å². The number of aliphatic hydroxyl groups is 7. The summed E-state index contributed by atoms with van der Waals surface area (Å²) in [5, 5.41) is 75.2. The lowest BCUT2D eigenvalue weighted by Crippen LogP contribution is -2.60. The number of amides is 1. The number of allylic oxidation sites excluding steroid dienone is 8.